The Morgan fingerprint density at radius 1 is 1.09 bits per heavy atom. The molecule has 2 aromatic carbocycles. The van der Waals surface area contributed by atoms with Gasteiger partial charge in [-0.3, -0.25) is 9.69 Å². The first-order chi connectivity index (χ1) is 16.7. The SMILES string of the molecule is CCCCOc1ccc(C(=O)N(CCCn2ccnc2)c2nc3c(OCC)cccc3s2)cc1. The molecule has 0 aliphatic carbocycles. The van der Waals surface area contributed by atoms with Gasteiger partial charge in [0.15, 0.2) is 5.13 Å². The average molecular weight is 479 g/mol. The molecule has 1 amide bonds. The minimum Gasteiger partial charge on any atom is -0.494 e. The number of carbonyl (C=O) groups is 1. The van der Waals surface area contributed by atoms with Crippen LogP contribution >= 0.6 is 11.3 Å². The van der Waals surface area contributed by atoms with Gasteiger partial charge in [-0.15, -0.1) is 0 Å². The molecule has 178 valence electrons. The number of thiazole rings is 1. The summed E-state index contributed by atoms with van der Waals surface area (Å²) in [5.41, 5.74) is 1.39. The lowest BCUT2D eigenvalue weighted by molar-refractivity contribution is 0.0986. The molecule has 0 N–H and O–H groups in total. The summed E-state index contributed by atoms with van der Waals surface area (Å²) in [4.78, 5) is 24.3. The Labute approximate surface area is 204 Å². The van der Waals surface area contributed by atoms with Crippen molar-refractivity contribution in [3.63, 3.8) is 0 Å². The van der Waals surface area contributed by atoms with Crippen LogP contribution in [0.25, 0.3) is 10.2 Å². The molecule has 4 rings (SSSR count). The van der Waals surface area contributed by atoms with E-state index in [9.17, 15) is 4.79 Å². The third-order valence-electron chi connectivity index (χ3n) is 5.37. The number of nitrogens with zero attached hydrogens (tertiary/aromatic N) is 4. The molecule has 0 spiro atoms. The van der Waals surface area contributed by atoms with Crippen molar-refractivity contribution in [1.82, 2.24) is 14.5 Å². The predicted octanol–water partition coefficient (Wildman–Crippen LogP) is 5.81. The fourth-order valence-corrected chi connectivity index (χ4v) is 4.60. The molecule has 0 aliphatic heterocycles. The van der Waals surface area contributed by atoms with E-state index in [1.165, 1.54) is 11.3 Å². The normalized spacial score (nSPS) is 11.0. The molecule has 2 heterocycles. The molecule has 2 aromatic heterocycles. The lowest BCUT2D eigenvalue weighted by Gasteiger charge is -2.20. The first kappa shape index (κ1) is 23.8. The van der Waals surface area contributed by atoms with Gasteiger partial charge < -0.3 is 14.0 Å². The highest BCUT2D eigenvalue weighted by Gasteiger charge is 2.22. The van der Waals surface area contributed by atoms with Crippen LogP contribution in [0.4, 0.5) is 5.13 Å². The second-order valence-electron chi connectivity index (χ2n) is 7.87. The molecular formula is C26H30N4O3S. The highest BCUT2D eigenvalue weighted by atomic mass is 32.1. The maximum absolute atomic E-state index is 13.6. The predicted molar refractivity (Wildman–Crippen MR) is 136 cm³/mol. The van der Waals surface area contributed by atoms with E-state index in [-0.39, 0.29) is 5.91 Å². The van der Waals surface area contributed by atoms with Gasteiger partial charge in [0.25, 0.3) is 5.91 Å². The number of hydrogen-bond donors (Lipinski definition) is 0. The molecule has 0 atom stereocenters. The van der Waals surface area contributed by atoms with Crippen LogP contribution in [0.15, 0.2) is 61.2 Å². The van der Waals surface area contributed by atoms with Crippen LogP contribution in [0.5, 0.6) is 11.5 Å². The van der Waals surface area contributed by atoms with E-state index in [1.54, 1.807) is 17.4 Å². The summed E-state index contributed by atoms with van der Waals surface area (Å²) in [6.07, 6.45) is 8.33. The standard InChI is InChI=1S/C26H30N4O3S/c1-3-5-18-33-21-12-10-20(11-13-21)25(31)30(16-7-15-29-17-14-27-19-29)26-28-24-22(32-4-2)8-6-9-23(24)34-26/h6,8-14,17,19H,3-5,7,15-16,18H2,1-2H3. The number of anilines is 1. The third kappa shape index (κ3) is 5.75. The quantitative estimate of drug-likeness (QED) is 0.240. The molecule has 4 aromatic rings. The number of imidazole rings is 1. The van der Waals surface area contributed by atoms with E-state index in [0.29, 0.717) is 30.5 Å². The first-order valence-corrected chi connectivity index (χ1v) is 12.5. The van der Waals surface area contributed by atoms with Crippen LogP contribution in [0.1, 0.15) is 43.5 Å². The highest BCUT2D eigenvalue weighted by Crippen LogP contribution is 2.35. The Bertz CT molecular complexity index is 1190. The van der Waals surface area contributed by atoms with Crippen molar-refractivity contribution in [2.45, 2.75) is 39.7 Å². The number of unbranched alkanes of at least 4 members (excludes halogenated alkanes) is 1. The maximum atomic E-state index is 13.6. The number of ether oxygens (including phenoxy) is 2. The Balaban J connectivity index is 1.58. The zero-order valence-electron chi connectivity index (χ0n) is 19.6. The van der Waals surface area contributed by atoms with Gasteiger partial charge in [0.2, 0.25) is 0 Å². The Morgan fingerprint density at radius 3 is 2.68 bits per heavy atom. The molecule has 34 heavy (non-hydrogen) atoms. The zero-order chi connectivity index (χ0) is 23.8. The molecule has 0 fully saturated rings. The summed E-state index contributed by atoms with van der Waals surface area (Å²) < 4.78 is 14.5. The van der Waals surface area contributed by atoms with E-state index < -0.39 is 0 Å². The number of benzene rings is 2. The molecule has 0 bridgehead atoms. The van der Waals surface area contributed by atoms with Gasteiger partial charge in [-0.2, -0.15) is 0 Å². The molecule has 0 saturated carbocycles. The van der Waals surface area contributed by atoms with Crippen LogP contribution in [0, 0.1) is 0 Å². The summed E-state index contributed by atoms with van der Waals surface area (Å²) in [5.74, 6) is 1.43. The van der Waals surface area contributed by atoms with Crippen LogP contribution < -0.4 is 14.4 Å². The third-order valence-corrected chi connectivity index (χ3v) is 6.42. The Hall–Kier alpha value is -3.39. The van der Waals surface area contributed by atoms with Gasteiger partial charge in [-0.25, -0.2) is 9.97 Å². The van der Waals surface area contributed by atoms with Crippen molar-refractivity contribution in [2.24, 2.45) is 0 Å². The largest absolute Gasteiger partial charge is 0.494 e. The van der Waals surface area contributed by atoms with E-state index in [4.69, 9.17) is 14.5 Å². The molecule has 0 radical (unpaired) electrons. The van der Waals surface area contributed by atoms with Gasteiger partial charge in [0.05, 0.1) is 24.2 Å². The summed E-state index contributed by atoms with van der Waals surface area (Å²) >= 11 is 1.50. The molecule has 7 nitrogen and oxygen atoms in total. The summed E-state index contributed by atoms with van der Waals surface area (Å²) in [6, 6.07) is 13.2. The fraction of sp³-hybridized carbons (Fsp3) is 0.346. The molecule has 8 heteroatoms. The van der Waals surface area contributed by atoms with Crippen LogP contribution in [0.3, 0.4) is 0 Å². The van der Waals surface area contributed by atoms with Crippen molar-refractivity contribution in [3.8, 4) is 11.5 Å². The van der Waals surface area contributed by atoms with Crippen molar-refractivity contribution in [1.29, 1.82) is 0 Å². The highest BCUT2D eigenvalue weighted by molar-refractivity contribution is 7.22. The molecule has 0 saturated heterocycles. The molecule has 0 aliphatic rings. The lowest BCUT2D eigenvalue weighted by atomic mass is 10.2. The summed E-state index contributed by atoms with van der Waals surface area (Å²) in [6.45, 7) is 6.63. The summed E-state index contributed by atoms with van der Waals surface area (Å²) in [7, 11) is 0. The first-order valence-electron chi connectivity index (χ1n) is 11.7. The number of carbonyl (C=O) groups excluding carboxylic acids is 1. The van der Waals surface area contributed by atoms with E-state index >= 15 is 0 Å². The monoisotopic (exact) mass is 478 g/mol. The van der Waals surface area contributed by atoms with E-state index in [2.05, 4.69) is 11.9 Å². The number of hydrogen-bond acceptors (Lipinski definition) is 6. The molecular weight excluding hydrogens is 448 g/mol. The van der Waals surface area contributed by atoms with Gasteiger partial charge in [-0.1, -0.05) is 30.7 Å². The van der Waals surface area contributed by atoms with Crippen molar-refractivity contribution in [2.75, 3.05) is 24.7 Å². The number of aromatic nitrogens is 3. The zero-order valence-corrected chi connectivity index (χ0v) is 20.5. The van der Waals surface area contributed by atoms with E-state index in [1.807, 2.05) is 60.2 Å². The number of amides is 1. The Morgan fingerprint density at radius 2 is 1.94 bits per heavy atom. The second kappa shape index (κ2) is 11.7. The number of aryl methyl sites for hydroxylation is 1. The minimum atomic E-state index is -0.0808. The smallest absolute Gasteiger partial charge is 0.260 e. The molecule has 0 unspecified atom stereocenters. The van der Waals surface area contributed by atoms with E-state index in [0.717, 1.165) is 47.5 Å². The van der Waals surface area contributed by atoms with Crippen molar-refractivity contribution < 1.29 is 14.3 Å². The van der Waals surface area contributed by atoms with Crippen LogP contribution in [-0.4, -0.2) is 40.2 Å². The minimum absolute atomic E-state index is 0.0808. The van der Waals surface area contributed by atoms with Gasteiger partial charge >= 0.3 is 0 Å². The van der Waals surface area contributed by atoms with Crippen molar-refractivity contribution in [3.05, 3.63) is 66.7 Å². The Kier molecular flexibility index (Phi) is 8.14. The maximum Gasteiger partial charge on any atom is 0.260 e. The van der Waals surface area contributed by atoms with Gasteiger partial charge in [0, 0.05) is 31.0 Å². The van der Waals surface area contributed by atoms with Crippen molar-refractivity contribution >= 4 is 32.6 Å². The summed E-state index contributed by atoms with van der Waals surface area (Å²) in [5, 5.41) is 0.668. The average Bonchev–Trinajstić information content (AvgIpc) is 3.53. The topological polar surface area (TPSA) is 69.5 Å². The fourth-order valence-electron chi connectivity index (χ4n) is 3.60. The van der Waals surface area contributed by atoms with Crippen LogP contribution in [-0.2, 0) is 6.54 Å². The van der Waals surface area contributed by atoms with Crippen LogP contribution in [0.2, 0.25) is 0 Å². The lowest BCUT2D eigenvalue weighted by Crippen LogP contribution is -2.32. The number of rotatable bonds is 12. The number of para-hydroxylation sites is 1. The second-order valence-corrected chi connectivity index (χ2v) is 8.88. The number of fused-ring (bicyclic) bond motifs is 1. The van der Waals surface area contributed by atoms with Gasteiger partial charge in [0.1, 0.15) is 17.0 Å². The van der Waals surface area contributed by atoms with Gasteiger partial charge in [-0.05, 0) is 56.2 Å².